The minimum absolute atomic E-state index is 0.188. The molecule has 92 valence electrons. The van der Waals surface area contributed by atoms with Crippen molar-refractivity contribution in [1.82, 2.24) is 9.97 Å². The van der Waals surface area contributed by atoms with Gasteiger partial charge in [-0.3, -0.25) is 4.79 Å². The Morgan fingerprint density at radius 2 is 2.06 bits per heavy atom. The van der Waals surface area contributed by atoms with Gasteiger partial charge in [0, 0.05) is 13.1 Å². The largest absolute Gasteiger partial charge is 0.372 e. The fourth-order valence-electron chi connectivity index (χ4n) is 1.98. The van der Waals surface area contributed by atoms with Crippen LogP contribution in [0.3, 0.4) is 0 Å². The second kappa shape index (κ2) is 5.09. The van der Waals surface area contributed by atoms with Gasteiger partial charge in [-0.05, 0) is 13.8 Å². The third kappa shape index (κ3) is 2.91. The molecule has 0 aromatic carbocycles. The van der Waals surface area contributed by atoms with Gasteiger partial charge in [-0.1, -0.05) is 0 Å². The Morgan fingerprint density at radius 1 is 1.35 bits per heavy atom. The molecule has 0 radical (unpaired) electrons. The van der Waals surface area contributed by atoms with E-state index in [9.17, 15) is 4.79 Å². The molecule has 1 aromatic rings. The number of morpholine rings is 1. The lowest BCUT2D eigenvalue weighted by molar-refractivity contribution is -0.105. The number of rotatable bonds is 3. The highest BCUT2D eigenvalue weighted by Crippen LogP contribution is 2.17. The number of aromatic nitrogens is 2. The summed E-state index contributed by atoms with van der Waals surface area (Å²) in [6, 6.07) is 0. The predicted molar refractivity (Wildman–Crippen MR) is 63.9 cm³/mol. The second-order valence-corrected chi connectivity index (χ2v) is 4.18. The van der Waals surface area contributed by atoms with E-state index in [0.29, 0.717) is 12.2 Å². The van der Waals surface area contributed by atoms with E-state index >= 15 is 0 Å². The first kappa shape index (κ1) is 11.8. The number of nitrogens with one attached hydrogen (secondary N) is 1. The number of hydrogen-bond donors (Lipinski definition) is 1. The maximum atomic E-state index is 10.2. The van der Waals surface area contributed by atoms with Gasteiger partial charge in [-0.25, -0.2) is 9.97 Å². The molecule has 1 N–H and O–H groups in total. The standard InChI is InChI=1S/C11H16N4O2/c1-8-5-15(6-9(2)17-8)11-4-12-10(3-13-11)14-7-16/h3-4,7-9H,5-6H2,1-2H3,(H,12,14,16)/t8-,9+. The SMILES string of the molecule is C[C@@H]1CN(c2cnc(NC=O)cn2)C[C@H](C)O1. The molecule has 6 nitrogen and oxygen atoms in total. The lowest BCUT2D eigenvalue weighted by Crippen LogP contribution is -2.45. The first-order valence-corrected chi connectivity index (χ1v) is 5.61. The van der Waals surface area contributed by atoms with E-state index in [-0.39, 0.29) is 12.2 Å². The van der Waals surface area contributed by atoms with Crippen molar-refractivity contribution in [2.24, 2.45) is 0 Å². The molecule has 6 heteroatoms. The molecule has 0 spiro atoms. The van der Waals surface area contributed by atoms with Crippen molar-refractivity contribution < 1.29 is 9.53 Å². The molecule has 1 aromatic heterocycles. The molecule has 0 bridgehead atoms. The minimum Gasteiger partial charge on any atom is -0.372 e. The van der Waals surface area contributed by atoms with Gasteiger partial charge in [-0.2, -0.15) is 0 Å². The topological polar surface area (TPSA) is 67.4 Å². The number of carbonyl (C=O) groups is 1. The van der Waals surface area contributed by atoms with Crippen LogP contribution in [0.15, 0.2) is 12.4 Å². The van der Waals surface area contributed by atoms with E-state index in [0.717, 1.165) is 18.9 Å². The molecule has 2 rings (SSSR count). The average Bonchev–Trinajstić information content (AvgIpc) is 2.29. The van der Waals surface area contributed by atoms with Crippen LogP contribution in [-0.4, -0.2) is 41.7 Å². The van der Waals surface area contributed by atoms with Crippen LogP contribution in [0, 0.1) is 0 Å². The third-order valence-corrected chi connectivity index (χ3v) is 2.59. The van der Waals surface area contributed by atoms with Gasteiger partial charge in [0.25, 0.3) is 0 Å². The van der Waals surface area contributed by atoms with Crippen LogP contribution < -0.4 is 10.2 Å². The molecule has 0 unspecified atom stereocenters. The quantitative estimate of drug-likeness (QED) is 0.781. The number of carbonyl (C=O) groups excluding carboxylic acids is 1. The van der Waals surface area contributed by atoms with Gasteiger partial charge in [-0.15, -0.1) is 0 Å². The molecule has 0 aliphatic carbocycles. The van der Waals surface area contributed by atoms with Gasteiger partial charge in [0.1, 0.15) is 5.82 Å². The zero-order chi connectivity index (χ0) is 12.3. The molecular weight excluding hydrogens is 220 g/mol. The summed E-state index contributed by atoms with van der Waals surface area (Å²) in [7, 11) is 0. The van der Waals surface area contributed by atoms with Crippen molar-refractivity contribution in [1.29, 1.82) is 0 Å². The van der Waals surface area contributed by atoms with Crippen LogP contribution in [0.1, 0.15) is 13.8 Å². The Bertz CT molecular complexity index is 372. The first-order chi connectivity index (χ1) is 8.19. The second-order valence-electron chi connectivity index (χ2n) is 4.18. The summed E-state index contributed by atoms with van der Waals surface area (Å²) in [6.07, 6.45) is 4.18. The van der Waals surface area contributed by atoms with Gasteiger partial charge in [0.2, 0.25) is 6.41 Å². The van der Waals surface area contributed by atoms with Crippen LogP contribution in [0.25, 0.3) is 0 Å². The normalized spacial score (nSPS) is 24.5. The van der Waals surface area contributed by atoms with Crippen molar-refractivity contribution in [2.75, 3.05) is 23.3 Å². The van der Waals surface area contributed by atoms with E-state index in [1.54, 1.807) is 12.4 Å². The van der Waals surface area contributed by atoms with E-state index in [1.807, 2.05) is 13.8 Å². The monoisotopic (exact) mass is 236 g/mol. The van der Waals surface area contributed by atoms with E-state index in [1.165, 1.54) is 0 Å². The molecule has 1 saturated heterocycles. The maximum Gasteiger partial charge on any atom is 0.212 e. The van der Waals surface area contributed by atoms with Gasteiger partial charge in [0.15, 0.2) is 5.82 Å². The molecule has 1 fully saturated rings. The molecule has 0 saturated carbocycles. The van der Waals surface area contributed by atoms with Crippen LogP contribution in [0.4, 0.5) is 11.6 Å². The smallest absolute Gasteiger partial charge is 0.212 e. The summed E-state index contributed by atoms with van der Waals surface area (Å²) in [6.45, 7) is 5.69. The fourth-order valence-corrected chi connectivity index (χ4v) is 1.98. The van der Waals surface area contributed by atoms with Crippen LogP contribution in [0.2, 0.25) is 0 Å². The van der Waals surface area contributed by atoms with Crippen LogP contribution in [-0.2, 0) is 9.53 Å². The average molecular weight is 236 g/mol. The first-order valence-electron chi connectivity index (χ1n) is 5.61. The van der Waals surface area contributed by atoms with Crippen molar-refractivity contribution in [2.45, 2.75) is 26.1 Å². The number of hydrogen-bond acceptors (Lipinski definition) is 5. The summed E-state index contributed by atoms with van der Waals surface area (Å²) >= 11 is 0. The zero-order valence-electron chi connectivity index (χ0n) is 9.96. The Balaban J connectivity index is 2.08. The summed E-state index contributed by atoms with van der Waals surface area (Å²) in [5.41, 5.74) is 0. The van der Waals surface area contributed by atoms with Crippen molar-refractivity contribution >= 4 is 18.0 Å². The van der Waals surface area contributed by atoms with Gasteiger partial charge < -0.3 is 15.0 Å². The number of ether oxygens (including phenoxy) is 1. The van der Waals surface area contributed by atoms with Crippen LogP contribution in [0.5, 0.6) is 0 Å². The third-order valence-electron chi connectivity index (χ3n) is 2.59. The predicted octanol–water partition coefficient (Wildman–Crippen LogP) is 0.658. The number of anilines is 2. The molecular formula is C11H16N4O2. The summed E-state index contributed by atoms with van der Waals surface area (Å²) in [4.78, 5) is 20.8. The van der Waals surface area contributed by atoms with Crippen molar-refractivity contribution in [3.05, 3.63) is 12.4 Å². The lowest BCUT2D eigenvalue weighted by atomic mass is 10.2. The van der Waals surface area contributed by atoms with E-state index in [4.69, 9.17) is 4.74 Å². The zero-order valence-corrected chi connectivity index (χ0v) is 9.96. The Kier molecular flexibility index (Phi) is 3.53. The van der Waals surface area contributed by atoms with Crippen molar-refractivity contribution in [3.8, 4) is 0 Å². The molecule has 1 aliphatic rings. The van der Waals surface area contributed by atoms with E-state index < -0.39 is 0 Å². The Labute approximate surface area is 100 Å². The van der Waals surface area contributed by atoms with Gasteiger partial charge in [0.05, 0.1) is 24.6 Å². The molecule has 1 amide bonds. The molecule has 1 aliphatic heterocycles. The molecule has 2 heterocycles. The highest BCUT2D eigenvalue weighted by molar-refractivity contribution is 5.68. The fraction of sp³-hybridized carbons (Fsp3) is 0.545. The Morgan fingerprint density at radius 3 is 2.59 bits per heavy atom. The van der Waals surface area contributed by atoms with Gasteiger partial charge >= 0.3 is 0 Å². The maximum absolute atomic E-state index is 10.2. The Hall–Kier alpha value is -1.69. The van der Waals surface area contributed by atoms with E-state index in [2.05, 4.69) is 20.2 Å². The molecule has 2 atom stereocenters. The summed E-state index contributed by atoms with van der Waals surface area (Å²) in [5, 5.41) is 2.46. The summed E-state index contributed by atoms with van der Waals surface area (Å²) < 4.78 is 5.65. The minimum atomic E-state index is 0.188. The lowest BCUT2D eigenvalue weighted by Gasteiger charge is -2.35. The highest BCUT2D eigenvalue weighted by atomic mass is 16.5. The van der Waals surface area contributed by atoms with Crippen molar-refractivity contribution in [3.63, 3.8) is 0 Å². The number of nitrogens with zero attached hydrogens (tertiary/aromatic N) is 3. The summed E-state index contributed by atoms with van der Waals surface area (Å²) in [5.74, 6) is 1.27. The number of amides is 1. The molecule has 17 heavy (non-hydrogen) atoms. The highest BCUT2D eigenvalue weighted by Gasteiger charge is 2.23. The van der Waals surface area contributed by atoms with Crippen LogP contribution >= 0.6 is 0 Å².